The van der Waals surface area contributed by atoms with Crippen LogP contribution in [0.2, 0.25) is 0 Å². The van der Waals surface area contributed by atoms with Crippen molar-refractivity contribution in [3.8, 4) is 11.3 Å². The standard InChI is InChI=1S/C15H15N3/c1-2-16-13-8-9-15-17-14(11-18(15)10-13)12-6-4-3-5-7-12/h3-11,16H,2H2,1H3. The van der Waals surface area contributed by atoms with Crippen LogP contribution in [0.15, 0.2) is 54.9 Å². The molecule has 2 heterocycles. The highest BCUT2D eigenvalue weighted by Gasteiger charge is 2.03. The van der Waals surface area contributed by atoms with Crippen LogP contribution in [0.4, 0.5) is 5.69 Å². The summed E-state index contributed by atoms with van der Waals surface area (Å²) in [5, 5.41) is 3.30. The van der Waals surface area contributed by atoms with Crippen LogP contribution in [0, 0.1) is 0 Å². The van der Waals surface area contributed by atoms with Gasteiger partial charge in [-0.15, -0.1) is 0 Å². The maximum atomic E-state index is 4.62. The molecular weight excluding hydrogens is 222 g/mol. The quantitative estimate of drug-likeness (QED) is 0.756. The summed E-state index contributed by atoms with van der Waals surface area (Å²) in [6, 6.07) is 14.3. The number of anilines is 1. The number of nitrogens with zero attached hydrogens (tertiary/aromatic N) is 2. The van der Waals surface area contributed by atoms with E-state index in [4.69, 9.17) is 0 Å². The summed E-state index contributed by atoms with van der Waals surface area (Å²) in [5.74, 6) is 0. The van der Waals surface area contributed by atoms with Crippen molar-refractivity contribution < 1.29 is 0 Å². The van der Waals surface area contributed by atoms with E-state index in [1.54, 1.807) is 0 Å². The Morgan fingerprint density at radius 3 is 2.67 bits per heavy atom. The molecule has 0 bridgehead atoms. The SMILES string of the molecule is CCNc1ccc2nc(-c3ccccc3)cn2c1. The number of fused-ring (bicyclic) bond motifs is 1. The molecule has 3 aromatic rings. The number of aromatic nitrogens is 2. The first kappa shape index (κ1) is 10.8. The van der Waals surface area contributed by atoms with Gasteiger partial charge in [-0.2, -0.15) is 0 Å². The Morgan fingerprint density at radius 2 is 1.89 bits per heavy atom. The fourth-order valence-corrected chi connectivity index (χ4v) is 2.05. The molecule has 0 unspecified atom stereocenters. The van der Waals surface area contributed by atoms with E-state index in [9.17, 15) is 0 Å². The minimum atomic E-state index is 0.922. The summed E-state index contributed by atoms with van der Waals surface area (Å²) in [6.07, 6.45) is 4.13. The zero-order valence-electron chi connectivity index (χ0n) is 10.3. The molecule has 0 aliphatic carbocycles. The molecular formula is C15H15N3. The molecule has 0 fully saturated rings. The number of hydrogen-bond donors (Lipinski definition) is 1. The summed E-state index contributed by atoms with van der Waals surface area (Å²) < 4.78 is 2.06. The maximum absolute atomic E-state index is 4.62. The molecule has 0 radical (unpaired) electrons. The Labute approximate surface area is 106 Å². The van der Waals surface area contributed by atoms with Crippen molar-refractivity contribution in [1.29, 1.82) is 0 Å². The Kier molecular flexibility index (Phi) is 2.73. The van der Waals surface area contributed by atoms with Crippen LogP contribution in [0.1, 0.15) is 6.92 Å². The fourth-order valence-electron chi connectivity index (χ4n) is 2.05. The molecule has 1 N–H and O–H groups in total. The highest BCUT2D eigenvalue weighted by Crippen LogP contribution is 2.19. The summed E-state index contributed by atoms with van der Waals surface area (Å²) in [7, 11) is 0. The number of nitrogens with one attached hydrogen (secondary N) is 1. The maximum Gasteiger partial charge on any atom is 0.137 e. The van der Waals surface area contributed by atoms with Gasteiger partial charge in [0, 0.05) is 24.5 Å². The molecule has 3 rings (SSSR count). The number of benzene rings is 1. The van der Waals surface area contributed by atoms with Gasteiger partial charge in [0.1, 0.15) is 5.65 Å². The molecule has 0 atom stereocenters. The number of hydrogen-bond acceptors (Lipinski definition) is 2. The largest absolute Gasteiger partial charge is 0.384 e. The third-order valence-corrected chi connectivity index (χ3v) is 2.90. The molecule has 0 aliphatic heterocycles. The summed E-state index contributed by atoms with van der Waals surface area (Å²) in [5.41, 5.74) is 4.23. The van der Waals surface area contributed by atoms with Gasteiger partial charge in [-0.3, -0.25) is 0 Å². The average molecular weight is 237 g/mol. The van der Waals surface area contributed by atoms with Gasteiger partial charge < -0.3 is 9.72 Å². The van der Waals surface area contributed by atoms with Gasteiger partial charge in [0.15, 0.2) is 0 Å². The van der Waals surface area contributed by atoms with Crippen LogP contribution in [-0.4, -0.2) is 15.9 Å². The van der Waals surface area contributed by atoms with Gasteiger partial charge in [-0.1, -0.05) is 30.3 Å². The van der Waals surface area contributed by atoms with E-state index in [-0.39, 0.29) is 0 Å². The van der Waals surface area contributed by atoms with E-state index >= 15 is 0 Å². The van der Waals surface area contributed by atoms with Crippen molar-refractivity contribution in [2.45, 2.75) is 6.92 Å². The van der Waals surface area contributed by atoms with E-state index in [2.05, 4.69) is 52.2 Å². The molecule has 1 aromatic carbocycles. The van der Waals surface area contributed by atoms with Crippen LogP contribution in [0.3, 0.4) is 0 Å². The first-order valence-corrected chi connectivity index (χ1v) is 6.15. The van der Waals surface area contributed by atoms with E-state index in [1.807, 2.05) is 24.3 Å². The molecule has 3 heteroatoms. The second kappa shape index (κ2) is 4.53. The molecule has 18 heavy (non-hydrogen) atoms. The van der Waals surface area contributed by atoms with Crippen molar-refractivity contribution in [2.24, 2.45) is 0 Å². The van der Waals surface area contributed by atoms with Crippen LogP contribution in [0.25, 0.3) is 16.9 Å². The number of imidazole rings is 1. The average Bonchev–Trinajstić information content (AvgIpc) is 2.83. The van der Waals surface area contributed by atoms with E-state index in [0.29, 0.717) is 0 Å². The highest BCUT2D eigenvalue weighted by atomic mass is 15.0. The molecule has 0 amide bonds. The topological polar surface area (TPSA) is 29.3 Å². The monoisotopic (exact) mass is 237 g/mol. The minimum Gasteiger partial charge on any atom is -0.384 e. The van der Waals surface area contributed by atoms with Crippen LogP contribution in [-0.2, 0) is 0 Å². The van der Waals surface area contributed by atoms with Gasteiger partial charge in [0.2, 0.25) is 0 Å². The lowest BCUT2D eigenvalue weighted by Gasteiger charge is -2.02. The number of pyridine rings is 1. The summed E-state index contributed by atoms with van der Waals surface area (Å²) in [4.78, 5) is 4.62. The third kappa shape index (κ3) is 1.95. The first-order chi connectivity index (χ1) is 8.86. The van der Waals surface area contributed by atoms with Gasteiger partial charge in [0.25, 0.3) is 0 Å². The molecule has 0 saturated carbocycles. The Bertz CT molecular complexity index is 656. The van der Waals surface area contributed by atoms with Gasteiger partial charge in [0.05, 0.1) is 11.4 Å². The Hall–Kier alpha value is -2.29. The predicted molar refractivity (Wildman–Crippen MR) is 74.8 cm³/mol. The normalized spacial score (nSPS) is 10.7. The summed E-state index contributed by atoms with van der Waals surface area (Å²) in [6.45, 7) is 3.01. The lowest BCUT2D eigenvalue weighted by atomic mass is 10.2. The van der Waals surface area contributed by atoms with Crippen LogP contribution in [0.5, 0.6) is 0 Å². The zero-order valence-corrected chi connectivity index (χ0v) is 10.3. The number of rotatable bonds is 3. The third-order valence-electron chi connectivity index (χ3n) is 2.90. The lowest BCUT2D eigenvalue weighted by molar-refractivity contribution is 1.15. The Morgan fingerprint density at radius 1 is 1.06 bits per heavy atom. The van der Waals surface area contributed by atoms with Crippen LogP contribution >= 0.6 is 0 Å². The zero-order chi connectivity index (χ0) is 12.4. The molecule has 0 aliphatic rings. The van der Waals surface area contributed by atoms with Crippen molar-refractivity contribution in [3.63, 3.8) is 0 Å². The molecule has 2 aromatic heterocycles. The predicted octanol–water partition coefficient (Wildman–Crippen LogP) is 3.43. The molecule has 0 saturated heterocycles. The van der Waals surface area contributed by atoms with E-state index in [0.717, 1.165) is 29.1 Å². The minimum absolute atomic E-state index is 0.922. The highest BCUT2D eigenvalue weighted by molar-refractivity contribution is 5.63. The van der Waals surface area contributed by atoms with Crippen molar-refractivity contribution >= 4 is 11.3 Å². The Balaban J connectivity index is 2.06. The fraction of sp³-hybridized carbons (Fsp3) is 0.133. The smallest absolute Gasteiger partial charge is 0.137 e. The van der Waals surface area contributed by atoms with Gasteiger partial charge in [-0.05, 0) is 19.1 Å². The lowest BCUT2D eigenvalue weighted by Crippen LogP contribution is -1.97. The van der Waals surface area contributed by atoms with Crippen molar-refractivity contribution in [3.05, 3.63) is 54.9 Å². The second-order valence-corrected chi connectivity index (χ2v) is 4.21. The van der Waals surface area contributed by atoms with E-state index < -0.39 is 0 Å². The molecule has 90 valence electrons. The summed E-state index contributed by atoms with van der Waals surface area (Å²) >= 11 is 0. The second-order valence-electron chi connectivity index (χ2n) is 4.21. The van der Waals surface area contributed by atoms with Gasteiger partial charge >= 0.3 is 0 Å². The van der Waals surface area contributed by atoms with Crippen molar-refractivity contribution in [2.75, 3.05) is 11.9 Å². The van der Waals surface area contributed by atoms with Crippen molar-refractivity contribution in [1.82, 2.24) is 9.38 Å². The first-order valence-electron chi connectivity index (χ1n) is 6.15. The van der Waals surface area contributed by atoms with E-state index in [1.165, 1.54) is 0 Å². The molecule has 0 spiro atoms. The molecule has 3 nitrogen and oxygen atoms in total. The van der Waals surface area contributed by atoms with Gasteiger partial charge in [-0.25, -0.2) is 4.98 Å². The van der Waals surface area contributed by atoms with Crippen LogP contribution < -0.4 is 5.32 Å².